The van der Waals surface area contributed by atoms with E-state index in [-0.39, 0.29) is 30.7 Å². The lowest BCUT2D eigenvalue weighted by atomic mass is 9.84. The van der Waals surface area contributed by atoms with E-state index in [1.54, 1.807) is 0 Å². The summed E-state index contributed by atoms with van der Waals surface area (Å²) in [5.74, 6) is 1.44. The number of carbonyl (C=O) groups excluding carboxylic acids is 1. The minimum atomic E-state index is 0. The Kier molecular flexibility index (Phi) is 11.3. The molecule has 0 aliphatic carbocycles. The van der Waals surface area contributed by atoms with Crippen LogP contribution in [0.1, 0.15) is 44.6 Å². The van der Waals surface area contributed by atoms with E-state index in [0.717, 1.165) is 39.1 Å². The van der Waals surface area contributed by atoms with Gasteiger partial charge in [0.15, 0.2) is 0 Å². The first-order valence-electron chi connectivity index (χ1n) is 9.97. The molecule has 3 rings (SSSR count). The highest BCUT2D eigenvalue weighted by Crippen LogP contribution is 2.24. The van der Waals surface area contributed by atoms with Gasteiger partial charge in [-0.15, -0.1) is 24.8 Å². The number of likely N-dealkylation sites (tertiary alicyclic amines) is 1. The van der Waals surface area contributed by atoms with E-state index in [1.165, 1.54) is 24.8 Å². The first kappa shape index (κ1) is 24.2. The predicted molar refractivity (Wildman–Crippen MR) is 117 cm³/mol. The van der Waals surface area contributed by atoms with Crippen LogP contribution >= 0.6 is 24.8 Å². The lowest BCUT2D eigenvalue weighted by Gasteiger charge is -2.34. The van der Waals surface area contributed by atoms with Gasteiger partial charge in [0.2, 0.25) is 5.91 Å². The highest BCUT2D eigenvalue weighted by Gasteiger charge is 2.25. The molecule has 27 heavy (non-hydrogen) atoms. The maximum Gasteiger partial charge on any atom is 0.220 e. The van der Waals surface area contributed by atoms with Crippen LogP contribution in [0.15, 0.2) is 30.3 Å². The molecule has 154 valence electrons. The zero-order valence-corrected chi connectivity index (χ0v) is 18.0. The quantitative estimate of drug-likeness (QED) is 0.744. The standard InChI is InChI=1S/C21H33N3O.2ClH/c1-17(19-9-11-22-12-10-19)14-21(25)23-20-8-5-13-24(16-20)15-18-6-3-2-4-7-18;;/h2-4,6-7,17,19-20,22H,5,8-16H2,1H3,(H,23,25);2*1H. The maximum atomic E-state index is 12.5. The van der Waals surface area contributed by atoms with Crippen LogP contribution in [0, 0.1) is 11.8 Å². The molecule has 2 fully saturated rings. The fraction of sp³-hybridized carbons (Fsp3) is 0.667. The van der Waals surface area contributed by atoms with Crippen molar-refractivity contribution in [3.05, 3.63) is 35.9 Å². The molecule has 1 aromatic rings. The van der Waals surface area contributed by atoms with E-state index in [1.807, 2.05) is 0 Å². The van der Waals surface area contributed by atoms with Crippen LogP contribution in [0.2, 0.25) is 0 Å². The van der Waals surface area contributed by atoms with Gasteiger partial charge in [0.05, 0.1) is 0 Å². The maximum absolute atomic E-state index is 12.5. The Hall–Kier alpha value is -0.810. The number of rotatable bonds is 6. The average molecular weight is 416 g/mol. The van der Waals surface area contributed by atoms with Gasteiger partial charge in [0.25, 0.3) is 0 Å². The fourth-order valence-corrected chi connectivity index (χ4v) is 4.32. The molecule has 2 aliphatic heterocycles. The second-order valence-corrected chi connectivity index (χ2v) is 7.90. The van der Waals surface area contributed by atoms with Crippen LogP contribution < -0.4 is 10.6 Å². The highest BCUT2D eigenvalue weighted by atomic mass is 35.5. The highest BCUT2D eigenvalue weighted by molar-refractivity contribution is 5.85. The van der Waals surface area contributed by atoms with Gasteiger partial charge >= 0.3 is 0 Å². The molecule has 0 aromatic heterocycles. The van der Waals surface area contributed by atoms with Crippen molar-refractivity contribution in [2.75, 3.05) is 26.2 Å². The lowest BCUT2D eigenvalue weighted by Crippen LogP contribution is -2.47. The molecular formula is C21H35Cl2N3O. The van der Waals surface area contributed by atoms with Gasteiger partial charge in [-0.2, -0.15) is 0 Å². The van der Waals surface area contributed by atoms with Crippen LogP contribution in [-0.2, 0) is 11.3 Å². The van der Waals surface area contributed by atoms with E-state index in [4.69, 9.17) is 0 Å². The van der Waals surface area contributed by atoms with Crippen LogP contribution in [0.3, 0.4) is 0 Å². The number of piperidine rings is 2. The average Bonchev–Trinajstić information content (AvgIpc) is 2.63. The Labute approximate surface area is 176 Å². The number of carbonyl (C=O) groups is 1. The smallest absolute Gasteiger partial charge is 0.220 e. The molecule has 0 radical (unpaired) electrons. The molecule has 2 unspecified atom stereocenters. The van der Waals surface area contributed by atoms with E-state index in [9.17, 15) is 4.79 Å². The molecule has 2 heterocycles. The Bertz CT molecular complexity index is 537. The summed E-state index contributed by atoms with van der Waals surface area (Å²) in [6, 6.07) is 10.9. The van der Waals surface area contributed by atoms with E-state index in [2.05, 4.69) is 52.8 Å². The summed E-state index contributed by atoms with van der Waals surface area (Å²) < 4.78 is 0. The number of nitrogens with zero attached hydrogens (tertiary/aromatic N) is 1. The van der Waals surface area contributed by atoms with Crippen LogP contribution in [0.25, 0.3) is 0 Å². The molecule has 2 aliphatic rings. The molecule has 1 amide bonds. The van der Waals surface area contributed by atoms with Crippen LogP contribution in [0.5, 0.6) is 0 Å². The van der Waals surface area contributed by atoms with Crippen molar-refractivity contribution in [1.29, 1.82) is 0 Å². The molecule has 2 saturated heterocycles. The van der Waals surface area contributed by atoms with E-state index in [0.29, 0.717) is 24.3 Å². The van der Waals surface area contributed by atoms with Crippen LogP contribution in [0.4, 0.5) is 0 Å². The van der Waals surface area contributed by atoms with Gasteiger partial charge < -0.3 is 10.6 Å². The molecular weight excluding hydrogens is 381 g/mol. The van der Waals surface area contributed by atoms with Gasteiger partial charge in [-0.25, -0.2) is 0 Å². The Morgan fingerprint density at radius 2 is 1.89 bits per heavy atom. The van der Waals surface area contributed by atoms with Crippen molar-refractivity contribution in [1.82, 2.24) is 15.5 Å². The molecule has 1 aromatic carbocycles. The lowest BCUT2D eigenvalue weighted by molar-refractivity contribution is -0.123. The summed E-state index contributed by atoms with van der Waals surface area (Å²) in [5.41, 5.74) is 1.36. The van der Waals surface area contributed by atoms with E-state index < -0.39 is 0 Å². The van der Waals surface area contributed by atoms with Crippen LogP contribution in [-0.4, -0.2) is 43.0 Å². The molecule has 0 bridgehead atoms. The summed E-state index contributed by atoms with van der Waals surface area (Å²) in [6.07, 6.45) is 5.38. The zero-order valence-electron chi connectivity index (χ0n) is 16.4. The Morgan fingerprint density at radius 3 is 2.59 bits per heavy atom. The summed E-state index contributed by atoms with van der Waals surface area (Å²) in [6.45, 7) is 7.55. The summed E-state index contributed by atoms with van der Waals surface area (Å²) in [7, 11) is 0. The number of hydrogen-bond acceptors (Lipinski definition) is 3. The summed E-state index contributed by atoms with van der Waals surface area (Å²) in [4.78, 5) is 15.0. The third kappa shape index (κ3) is 7.98. The SMILES string of the molecule is CC(CC(=O)NC1CCCN(Cc2ccccc2)C1)C1CCNCC1.Cl.Cl. The van der Waals surface area contributed by atoms with Crippen molar-refractivity contribution in [3.63, 3.8) is 0 Å². The van der Waals surface area contributed by atoms with Gasteiger partial charge in [0, 0.05) is 25.6 Å². The largest absolute Gasteiger partial charge is 0.352 e. The first-order chi connectivity index (χ1) is 12.2. The van der Waals surface area contributed by atoms with Crippen molar-refractivity contribution < 1.29 is 4.79 Å². The van der Waals surface area contributed by atoms with Gasteiger partial charge in [-0.1, -0.05) is 37.3 Å². The number of nitrogens with one attached hydrogen (secondary N) is 2. The third-order valence-corrected chi connectivity index (χ3v) is 5.82. The zero-order chi connectivity index (χ0) is 17.5. The third-order valence-electron chi connectivity index (χ3n) is 5.82. The van der Waals surface area contributed by atoms with Crippen molar-refractivity contribution in [2.24, 2.45) is 11.8 Å². The summed E-state index contributed by atoms with van der Waals surface area (Å²) >= 11 is 0. The Balaban J connectivity index is 0.00000182. The monoisotopic (exact) mass is 415 g/mol. The summed E-state index contributed by atoms with van der Waals surface area (Å²) in [5, 5.41) is 6.72. The second-order valence-electron chi connectivity index (χ2n) is 7.90. The van der Waals surface area contributed by atoms with Crippen molar-refractivity contribution in [3.8, 4) is 0 Å². The van der Waals surface area contributed by atoms with E-state index >= 15 is 0 Å². The normalized spacial score (nSPS) is 22.2. The minimum absolute atomic E-state index is 0. The van der Waals surface area contributed by atoms with Gasteiger partial charge in [-0.05, 0) is 62.7 Å². The first-order valence-corrected chi connectivity index (χ1v) is 9.97. The molecule has 2 atom stereocenters. The van der Waals surface area contributed by atoms with Crippen molar-refractivity contribution in [2.45, 2.75) is 51.6 Å². The molecule has 4 nitrogen and oxygen atoms in total. The number of halogens is 2. The Morgan fingerprint density at radius 1 is 1.19 bits per heavy atom. The number of benzene rings is 1. The molecule has 0 saturated carbocycles. The topological polar surface area (TPSA) is 44.4 Å². The van der Waals surface area contributed by atoms with Gasteiger partial charge in [-0.3, -0.25) is 9.69 Å². The molecule has 0 spiro atoms. The molecule has 6 heteroatoms. The number of hydrogen-bond donors (Lipinski definition) is 2. The predicted octanol–water partition coefficient (Wildman–Crippen LogP) is 3.64. The molecule has 2 N–H and O–H groups in total. The second kappa shape index (κ2) is 12.6. The number of amides is 1. The fourth-order valence-electron chi connectivity index (χ4n) is 4.32. The van der Waals surface area contributed by atoms with Gasteiger partial charge in [0.1, 0.15) is 0 Å². The minimum Gasteiger partial charge on any atom is -0.352 e. The van der Waals surface area contributed by atoms with Crippen molar-refractivity contribution >= 4 is 30.7 Å².